The zero-order valence-corrected chi connectivity index (χ0v) is 16.3. The van der Waals surface area contributed by atoms with Crippen LogP contribution in [-0.2, 0) is 20.9 Å². The third-order valence-corrected chi connectivity index (χ3v) is 6.64. The Hall–Kier alpha value is -3.07. The van der Waals surface area contributed by atoms with Gasteiger partial charge in [-0.2, -0.15) is 10.2 Å². The molecule has 1 aromatic carbocycles. The summed E-state index contributed by atoms with van der Waals surface area (Å²) in [5.74, 6) is -0.223. The maximum Gasteiger partial charge on any atom is 0.355 e. The molecule has 9 heteroatoms. The lowest BCUT2D eigenvalue weighted by atomic mass is 9.74. The van der Waals surface area contributed by atoms with E-state index in [1.54, 1.807) is 37.2 Å². The molecule has 1 amide bonds. The van der Waals surface area contributed by atoms with Gasteiger partial charge in [0.2, 0.25) is 0 Å². The molecule has 3 aliphatic heterocycles. The Morgan fingerprint density at radius 1 is 1.34 bits per heavy atom. The minimum Gasteiger partial charge on any atom is -0.497 e. The number of methoxy groups -OCH3 is 1. The molecule has 0 N–H and O–H groups in total. The van der Waals surface area contributed by atoms with E-state index in [-0.39, 0.29) is 29.5 Å². The van der Waals surface area contributed by atoms with Gasteiger partial charge in [0.05, 0.1) is 26.2 Å². The smallest absolute Gasteiger partial charge is 0.355 e. The maximum atomic E-state index is 13.1. The van der Waals surface area contributed by atoms with Crippen LogP contribution in [0.2, 0.25) is 0 Å². The van der Waals surface area contributed by atoms with E-state index in [1.807, 2.05) is 18.2 Å². The molecule has 2 aromatic rings. The Kier molecular flexibility index (Phi) is 4.20. The monoisotopic (exact) mass is 411 g/mol. The number of nitrogens with zero attached hydrogens (tertiary/aromatic N) is 3. The molecule has 1 fully saturated rings. The van der Waals surface area contributed by atoms with Gasteiger partial charge in [0.1, 0.15) is 23.4 Å². The van der Waals surface area contributed by atoms with Crippen molar-refractivity contribution < 1.29 is 23.5 Å². The number of azo groups is 1. The molecule has 1 spiro atoms. The number of hydrogen-bond donors (Lipinski definition) is 0. The summed E-state index contributed by atoms with van der Waals surface area (Å²) in [5.41, 5.74) is 0.984. The molecule has 3 aliphatic rings. The standard InChI is InChI=1S/C20H17N3O5S/c1-26-14-4-2-12(3-5-14)9-28-17(24)16-11-29-19-20(18(25)23(16)19)15(8-21-22-20)13-6-7-27-10-13/h2-7,10-11,15,19H,8-9H2,1H3/t15-,19+,20-/m0/s1. The van der Waals surface area contributed by atoms with E-state index >= 15 is 0 Å². The second kappa shape index (κ2) is 6.77. The fraction of sp³-hybridized carbons (Fsp3) is 0.300. The van der Waals surface area contributed by atoms with Gasteiger partial charge < -0.3 is 13.9 Å². The average Bonchev–Trinajstić information content (AvgIpc) is 3.49. The SMILES string of the molecule is COc1ccc(COC(=O)C2=CS[C@H]3N2C(=O)[C@]32N=NC[C@H]2c2ccoc2)cc1. The third kappa shape index (κ3) is 2.61. The van der Waals surface area contributed by atoms with Gasteiger partial charge in [-0.3, -0.25) is 9.69 Å². The first-order valence-corrected chi connectivity index (χ1v) is 9.99. The molecule has 5 rings (SSSR count). The summed E-state index contributed by atoms with van der Waals surface area (Å²) >= 11 is 1.40. The molecular formula is C20H17N3O5S. The molecule has 4 heterocycles. The van der Waals surface area contributed by atoms with Crippen LogP contribution in [0.1, 0.15) is 17.0 Å². The Bertz CT molecular complexity index is 1020. The van der Waals surface area contributed by atoms with Crippen molar-refractivity contribution in [3.63, 3.8) is 0 Å². The number of carbonyl (C=O) groups is 2. The number of furan rings is 1. The van der Waals surface area contributed by atoms with E-state index in [0.29, 0.717) is 6.54 Å². The lowest BCUT2D eigenvalue weighted by Crippen LogP contribution is -2.71. The van der Waals surface area contributed by atoms with E-state index in [9.17, 15) is 9.59 Å². The largest absolute Gasteiger partial charge is 0.497 e. The van der Waals surface area contributed by atoms with Gasteiger partial charge in [-0.05, 0) is 29.3 Å². The minimum atomic E-state index is -0.983. The highest BCUT2D eigenvalue weighted by atomic mass is 32.2. The Morgan fingerprint density at radius 3 is 2.90 bits per heavy atom. The lowest BCUT2D eigenvalue weighted by Gasteiger charge is -2.50. The second-order valence-corrected chi connectivity index (χ2v) is 7.90. The second-order valence-electron chi connectivity index (χ2n) is 6.95. The number of amides is 1. The molecule has 0 aliphatic carbocycles. The normalized spacial score (nSPS) is 27.0. The zero-order valence-electron chi connectivity index (χ0n) is 15.5. The summed E-state index contributed by atoms with van der Waals surface area (Å²) in [6, 6.07) is 9.08. The summed E-state index contributed by atoms with van der Waals surface area (Å²) in [6.07, 6.45) is 3.19. The first-order chi connectivity index (χ1) is 14.1. The molecular weight excluding hydrogens is 394 g/mol. The van der Waals surface area contributed by atoms with Crippen LogP contribution in [0.3, 0.4) is 0 Å². The summed E-state index contributed by atoms with van der Waals surface area (Å²) in [7, 11) is 1.59. The van der Waals surface area contributed by atoms with Gasteiger partial charge in [0.25, 0.3) is 5.91 Å². The van der Waals surface area contributed by atoms with Crippen LogP contribution in [-0.4, -0.2) is 41.3 Å². The third-order valence-electron chi connectivity index (χ3n) is 5.46. The summed E-state index contributed by atoms with van der Waals surface area (Å²) < 4.78 is 15.7. The molecule has 1 aromatic heterocycles. The number of carbonyl (C=O) groups excluding carboxylic acids is 2. The summed E-state index contributed by atoms with van der Waals surface area (Å²) in [6.45, 7) is 0.535. The van der Waals surface area contributed by atoms with E-state index < -0.39 is 11.5 Å². The highest BCUT2D eigenvalue weighted by Gasteiger charge is 2.71. The number of rotatable bonds is 5. The van der Waals surface area contributed by atoms with E-state index in [4.69, 9.17) is 13.9 Å². The van der Waals surface area contributed by atoms with Crippen molar-refractivity contribution in [2.45, 2.75) is 23.4 Å². The molecule has 0 saturated carbocycles. The molecule has 0 bridgehead atoms. The topological polar surface area (TPSA) is 93.7 Å². The number of fused-ring (bicyclic) bond motifs is 2. The van der Waals surface area contributed by atoms with Crippen LogP contribution in [0.5, 0.6) is 5.75 Å². The predicted molar refractivity (Wildman–Crippen MR) is 103 cm³/mol. The Labute approximate surface area is 170 Å². The zero-order chi connectivity index (χ0) is 20.0. The van der Waals surface area contributed by atoms with E-state index in [2.05, 4.69) is 10.2 Å². The van der Waals surface area contributed by atoms with Gasteiger partial charge in [0.15, 0.2) is 5.54 Å². The van der Waals surface area contributed by atoms with Crippen LogP contribution in [0.4, 0.5) is 0 Å². The van der Waals surface area contributed by atoms with Crippen molar-refractivity contribution in [2.24, 2.45) is 10.2 Å². The summed E-state index contributed by atoms with van der Waals surface area (Å²) in [4.78, 5) is 27.2. The number of benzene rings is 1. The highest BCUT2D eigenvalue weighted by molar-refractivity contribution is 8.03. The van der Waals surface area contributed by atoms with Gasteiger partial charge in [-0.1, -0.05) is 12.1 Å². The fourth-order valence-corrected chi connectivity index (χ4v) is 5.23. The van der Waals surface area contributed by atoms with E-state index in [1.165, 1.54) is 16.7 Å². The van der Waals surface area contributed by atoms with Crippen LogP contribution < -0.4 is 4.74 Å². The van der Waals surface area contributed by atoms with Gasteiger partial charge in [0, 0.05) is 11.3 Å². The highest BCUT2D eigenvalue weighted by Crippen LogP contribution is 2.57. The first-order valence-electron chi connectivity index (χ1n) is 9.05. The van der Waals surface area contributed by atoms with Crippen LogP contribution in [0.25, 0.3) is 0 Å². The minimum absolute atomic E-state index is 0.111. The maximum absolute atomic E-state index is 13.1. The first kappa shape index (κ1) is 18.0. The van der Waals surface area contributed by atoms with Crippen molar-refractivity contribution in [1.29, 1.82) is 0 Å². The molecule has 8 nitrogen and oxygen atoms in total. The van der Waals surface area contributed by atoms with Crippen molar-refractivity contribution in [3.8, 4) is 5.75 Å². The van der Waals surface area contributed by atoms with Crippen molar-refractivity contribution >= 4 is 23.6 Å². The number of hydrogen-bond acceptors (Lipinski definition) is 8. The number of ether oxygens (including phenoxy) is 2. The molecule has 148 valence electrons. The molecule has 1 saturated heterocycles. The summed E-state index contributed by atoms with van der Waals surface area (Å²) in [5, 5.41) is 9.82. The molecule has 3 atom stereocenters. The average molecular weight is 411 g/mol. The molecule has 0 unspecified atom stereocenters. The Morgan fingerprint density at radius 2 is 2.17 bits per heavy atom. The number of thioether (sulfide) groups is 1. The van der Waals surface area contributed by atoms with Gasteiger partial charge in [-0.25, -0.2) is 4.79 Å². The van der Waals surface area contributed by atoms with Crippen LogP contribution in [0.15, 0.2) is 68.6 Å². The van der Waals surface area contributed by atoms with Gasteiger partial charge >= 0.3 is 5.97 Å². The lowest BCUT2D eigenvalue weighted by molar-refractivity contribution is -0.156. The number of esters is 1. The van der Waals surface area contributed by atoms with Crippen molar-refractivity contribution in [2.75, 3.05) is 13.7 Å². The van der Waals surface area contributed by atoms with Crippen LogP contribution in [0, 0.1) is 0 Å². The van der Waals surface area contributed by atoms with Gasteiger partial charge in [-0.15, -0.1) is 11.8 Å². The number of β-lactam (4-membered cyclic amide) rings is 1. The molecule has 0 radical (unpaired) electrons. The van der Waals surface area contributed by atoms with Crippen molar-refractivity contribution in [3.05, 3.63) is 65.1 Å². The van der Waals surface area contributed by atoms with Crippen LogP contribution >= 0.6 is 11.8 Å². The quantitative estimate of drug-likeness (QED) is 0.554. The fourth-order valence-electron chi connectivity index (χ4n) is 3.91. The molecule has 29 heavy (non-hydrogen) atoms. The predicted octanol–water partition coefficient (Wildman–Crippen LogP) is 3.08. The van der Waals surface area contributed by atoms with E-state index in [0.717, 1.165) is 16.9 Å². The Balaban J connectivity index is 1.28. The van der Waals surface area contributed by atoms with Crippen molar-refractivity contribution in [1.82, 2.24) is 4.90 Å².